The van der Waals surface area contributed by atoms with Crippen LogP contribution >= 0.6 is 22.9 Å². The van der Waals surface area contributed by atoms with Crippen LogP contribution in [-0.4, -0.2) is 32.9 Å². The molecule has 4 rings (SSSR count). The molecule has 1 aromatic carbocycles. The monoisotopic (exact) mass is 429 g/mol. The number of carbonyl (C=O) groups excluding carboxylic acids is 1. The first-order valence-corrected chi connectivity index (χ1v) is 11.2. The lowest BCUT2D eigenvalue weighted by molar-refractivity contribution is 0.0612. The summed E-state index contributed by atoms with van der Waals surface area (Å²) in [6.45, 7) is 5.13. The number of likely N-dealkylation sites (tertiary alicyclic amines) is 1. The fourth-order valence-electron chi connectivity index (χ4n) is 4.11. The lowest BCUT2D eigenvalue weighted by Gasteiger charge is -2.35. The van der Waals surface area contributed by atoms with Crippen LogP contribution in [0, 0.1) is 6.92 Å². The first-order valence-electron chi connectivity index (χ1n) is 10.0. The number of amides is 1. The van der Waals surface area contributed by atoms with Gasteiger partial charge in [-0.25, -0.2) is 4.98 Å². The molecule has 1 fully saturated rings. The van der Waals surface area contributed by atoms with Crippen molar-refractivity contribution in [3.8, 4) is 0 Å². The Morgan fingerprint density at radius 2 is 2.10 bits per heavy atom. The fraction of sp³-hybridized carbons (Fsp3) is 0.409. The van der Waals surface area contributed by atoms with Crippen molar-refractivity contribution < 1.29 is 4.79 Å². The minimum Gasteiger partial charge on any atom is -0.335 e. The number of rotatable bonds is 4. The predicted molar refractivity (Wildman–Crippen MR) is 118 cm³/mol. The maximum absolute atomic E-state index is 13.3. The van der Waals surface area contributed by atoms with Crippen LogP contribution in [0.2, 0.25) is 5.02 Å². The summed E-state index contributed by atoms with van der Waals surface area (Å²) in [4.78, 5) is 34.2. The summed E-state index contributed by atoms with van der Waals surface area (Å²) in [5.74, 6) is 0.0362. The van der Waals surface area contributed by atoms with Gasteiger partial charge in [-0.3, -0.25) is 14.2 Å². The maximum Gasteiger partial charge on any atom is 0.264 e. The van der Waals surface area contributed by atoms with Gasteiger partial charge in [0.15, 0.2) is 0 Å². The Labute approximate surface area is 178 Å². The summed E-state index contributed by atoms with van der Waals surface area (Å²) < 4.78 is 1.56. The van der Waals surface area contributed by atoms with Crippen molar-refractivity contribution in [1.82, 2.24) is 14.5 Å². The summed E-state index contributed by atoms with van der Waals surface area (Å²) in [7, 11) is 0. The second-order valence-electron chi connectivity index (χ2n) is 7.56. The summed E-state index contributed by atoms with van der Waals surface area (Å²) in [6, 6.07) is 7.75. The Hall–Kier alpha value is -2.18. The molecular formula is C22H24ClN3O2S. The molecule has 7 heteroatoms. The van der Waals surface area contributed by atoms with E-state index < -0.39 is 0 Å². The number of piperidine rings is 1. The van der Waals surface area contributed by atoms with E-state index in [0.717, 1.165) is 36.9 Å². The molecule has 1 amide bonds. The molecule has 1 aliphatic rings. The van der Waals surface area contributed by atoms with Crippen molar-refractivity contribution in [3.05, 3.63) is 62.0 Å². The van der Waals surface area contributed by atoms with Crippen molar-refractivity contribution in [2.45, 2.75) is 52.1 Å². The van der Waals surface area contributed by atoms with Gasteiger partial charge in [0.2, 0.25) is 0 Å². The number of hydrogen-bond acceptors (Lipinski definition) is 4. The van der Waals surface area contributed by atoms with Crippen LogP contribution in [0.1, 0.15) is 53.4 Å². The Balaban J connectivity index is 1.72. The third-order valence-electron chi connectivity index (χ3n) is 5.77. The zero-order valence-corrected chi connectivity index (χ0v) is 18.2. The Kier molecular flexibility index (Phi) is 5.74. The summed E-state index contributed by atoms with van der Waals surface area (Å²) >= 11 is 7.58. The Morgan fingerprint density at radius 3 is 2.86 bits per heavy atom. The molecule has 152 valence electrons. The Bertz CT molecular complexity index is 1120. The second kappa shape index (κ2) is 8.28. The summed E-state index contributed by atoms with van der Waals surface area (Å²) in [6.07, 6.45) is 5.76. The molecule has 5 nitrogen and oxygen atoms in total. The van der Waals surface area contributed by atoms with Gasteiger partial charge in [0.25, 0.3) is 11.5 Å². The number of carbonyl (C=O) groups is 1. The van der Waals surface area contributed by atoms with E-state index in [0.29, 0.717) is 26.7 Å². The van der Waals surface area contributed by atoms with Crippen molar-refractivity contribution >= 4 is 39.1 Å². The van der Waals surface area contributed by atoms with Gasteiger partial charge in [0, 0.05) is 17.6 Å². The number of hydrogen-bond donors (Lipinski definition) is 0. The largest absolute Gasteiger partial charge is 0.335 e. The van der Waals surface area contributed by atoms with Crippen LogP contribution < -0.4 is 5.56 Å². The molecule has 1 aliphatic heterocycles. The van der Waals surface area contributed by atoms with Crippen molar-refractivity contribution in [2.24, 2.45) is 0 Å². The second-order valence-corrected chi connectivity index (χ2v) is 8.97. The van der Waals surface area contributed by atoms with Gasteiger partial charge in [-0.15, -0.1) is 11.3 Å². The third-order valence-corrected chi connectivity index (χ3v) is 7.33. The van der Waals surface area contributed by atoms with E-state index in [4.69, 9.17) is 11.6 Å². The van der Waals surface area contributed by atoms with Crippen LogP contribution in [0.25, 0.3) is 10.2 Å². The third kappa shape index (κ3) is 3.71. The van der Waals surface area contributed by atoms with Crippen molar-refractivity contribution in [2.75, 3.05) is 6.54 Å². The number of nitrogens with zero attached hydrogens (tertiary/aromatic N) is 3. The zero-order chi connectivity index (χ0) is 20.5. The van der Waals surface area contributed by atoms with E-state index >= 15 is 0 Å². The normalized spacial score (nSPS) is 17.1. The lowest BCUT2D eigenvalue weighted by Crippen LogP contribution is -2.43. The minimum absolute atomic E-state index is 0.0362. The van der Waals surface area contributed by atoms with E-state index in [1.165, 1.54) is 17.8 Å². The van der Waals surface area contributed by atoms with Crippen LogP contribution in [0.15, 0.2) is 35.4 Å². The van der Waals surface area contributed by atoms with Crippen LogP contribution in [0.5, 0.6) is 0 Å². The quantitative estimate of drug-likeness (QED) is 0.594. The number of aryl methyl sites for hydroxylation is 1. The summed E-state index contributed by atoms with van der Waals surface area (Å²) in [5.41, 5.74) is 1.47. The van der Waals surface area contributed by atoms with Gasteiger partial charge >= 0.3 is 0 Å². The molecule has 0 radical (unpaired) electrons. The molecule has 1 unspecified atom stereocenters. The molecule has 0 N–H and O–H groups in total. The maximum atomic E-state index is 13.3. The first-order chi connectivity index (χ1) is 14.0. The SMILES string of the molecule is CCC1CCCCN1C(=O)c1sc2ncn(Cc3ccccc3Cl)c(=O)c2c1C. The van der Waals surface area contributed by atoms with Gasteiger partial charge in [-0.1, -0.05) is 36.7 Å². The standard InChI is InChI=1S/C22H24ClN3O2S/c1-3-16-9-6-7-11-26(16)22(28)19-14(2)18-20(29-19)24-13-25(21(18)27)12-15-8-4-5-10-17(15)23/h4-5,8,10,13,16H,3,6-7,9,11-12H2,1-2H3. The smallest absolute Gasteiger partial charge is 0.264 e. The predicted octanol–water partition coefficient (Wildman–Crippen LogP) is 4.87. The number of aromatic nitrogens is 2. The number of fused-ring (bicyclic) bond motifs is 1. The molecule has 0 saturated carbocycles. The summed E-state index contributed by atoms with van der Waals surface area (Å²) in [5, 5.41) is 1.16. The molecular weight excluding hydrogens is 406 g/mol. The number of thiophene rings is 1. The minimum atomic E-state index is -0.131. The van der Waals surface area contributed by atoms with Crippen LogP contribution in [0.4, 0.5) is 0 Å². The molecule has 29 heavy (non-hydrogen) atoms. The molecule has 0 aliphatic carbocycles. The van der Waals surface area contributed by atoms with Gasteiger partial charge in [0.1, 0.15) is 4.83 Å². The lowest BCUT2D eigenvalue weighted by atomic mass is 9.99. The molecule has 1 atom stereocenters. The highest BCUT2D eigenvalue weighted by Gasteiger charge is 2.29. The highest BCUT2D eigenvalue weighted by molar-refractivity contribution is 7.20. The van der Waals surface area contributed by atoms with E-state index in [1.807, 2.05) is 36.1 Å². The van der Waals surface area contributed by atoms with E-state index in [-0.39, 0.29) is 17.5 Å². The van der Waals surface area contributed by atoms with Gasteiger partial charge < -0.3 is 4.90 Å². The molecule has 0 bridgehead atoms. The number of benzene rings is 1. The molecule has 2 aromatic heterocycles. The molecule has 3 aromatic rings. The fourth-order valence-corrected chi connectivity index (χ4v) is 5.40. The van der Waals surface area contributed by atoms with Gasteiger partial charge in [-0.05, 0) is 49.8 Å². The van der Waals surface area contributed by atoms with E-state index in [9.17, 15) is 9.59 Å². The van der Waals surface area contributed by atoms with E-state index in [2.05, 4.69) is 11.9 Å². The van der Waals surface area contributed by atoms with Crippen LogP contribution in [-0.2, 0) is 6.54 Å². The molecule has 0 spiro atoms. The number of halogens is 1. The molecule has 1 saturated heterocycles. The zero-order valence-electron chi connectivity index (χ0n) is 16.7. The van der Waals surface area contributed by atoms with Crippen molar-refractivity contribution in [3.63, 3.8) is 0 Å². The van der Waals surface area contributed by atoms with Gasteiger partial charge in [-0.2, -0.15) is 0 Å². The van der Waals surface area contributed by atoms with Crippen molar-refractivity contribution in [1.29, 1.82) is 0 Å². The van der Waals surface area contributed by atoms with Crippen LogP contribution in [0.3, 0.4) is 0 Å². The Morgan fingerprint density at radius 1 is 1.31 bits per heavy atom. The highest BCUT2D eigenvalue weighted by atomic mass is 35.5. The van der Waals surface area contributed by atoms with E-state index in [1.54, 1.807) is 10.9 Å². The highest BCUT2D eigenvalue weighted by Crippen LogP contribution is 2.31. The topological polar surface area (TPSA) is 55.2 Å². The first kappa shape index (κ1) is 20.1. The average Bonchev–Trinajstić information content (AvgIpc) is 3.08. The average molecular weight is 430 g/mol. The molecule has 3 heterocycles. The van der Waals surface area contributed by atoms with Gasteiger partial charge in [0.05, 0.1) is 23.1 Å².